The lowest BCUT2D eigenvalue weighted by Crippen LogP contribution is -2.52. The average molecular weight is 376 g/mol. The third kappa shape index (κ3) is 5.53. The molecule has 3 rings (SSSR count). The minimum atomic E-state index is -0.262. The van der Waals surface area contributed by atoms with Crippen LogP contribution in [0, 0.1) is 0 Å². The van der Waals surface area contributed by atoms with E-state index in [0.717, 1.165) is 45.0 Å². The highest BCUT2D eigenvalue weighted by atomic mass is 16.6. The van der Waals surface area contributed by atoms with Crippen LogP contribution in [0.2, 0.25) is 0 Å². The largest absolute Gasteiger partial charge is 0.450 e. The fourth-order valence-corrected chi connectivity index (χ4v) is 3.46. The topological polar surface area (TPSA) is 90.9 Å². The molecular formula is C18H28N6O3. The van der Waals surface area contributed by atoms with E-state index in [1.807, 2.05) is 0 Å². The molecule has 1 aromatic rings. The van der Waals surface area contributed by atoms with Crippen LogP contribution < -0.4 is 10.2 Å². The molecule has 0 saturated carbocycles. The zero-order valence-electron chi connectivity index (χ0n) is 15.8. The molecule has 9 nitrogen and oxygen atoms in total. The summed E-state index contributed by atoms with van der Waals surface area (Å²) >= 11 is 0. The second kappa shape index (κ2) is 9.50. The highest BCUT2D eigenvalue weighted by Gasteiger charge is 2.26. The first-order chi connectivity index (χ1) is 13.2. The third-order valence-electron chi connectivity index (χ3n) is 4.96. The highest BCUT2D eigenvalue weighted by molar-refractivity contribution is 5.78. The molecule has 2 aliphatic heterocycles. The van der Waals surface area contributed by atoms with E-state index < -0.39 is 0 Å². The van der Waals surface area contributed by atoms with Gasteiger partial charge in [0.2, 0.25) is 11.9 Å². The van der Waals surface area contributed by atoms with Crippen molar-refractivity contribution in [2.75, 3.05) is 57.3 Å². The Hall–Kier alpha value is -2.42. The molecule has 0 aromatic carbocycles. The number of aromatic nitrogens is 2. The number of ether oxygens (including phenoxy) is 1. The van der Waals surface area contributed by atoms with E-state index in [2.05, 4.69) is 25.1 Å². The molecule has 27 heavy (non-hydrogen) atoms. The number of hydrogen-bond donors (Lipinski definition) is 1. The number of carbonyl (C=O) groups excluding carboxylic acids is 2. The van der Waals surface area contributed by atoms with Crippen LogP contribution >= 0.6 is 0 Å². The maximum absolute atomic E-state index is 12.4. The maximum atomic E-state index is 12.4. The fourth-order valence-electron chi connectivity index (χ4n) is 3.46. The zero-order valence-corrected chi connectivity index (χ0v) is 15.8. The van der Waals surface area contributed by atoms with Crippen LogP contribution in [0.5, 0.6) is 0 Å². The number of amides is 2. The molecular weight excluding hydrogens is 348 g/mol. The third-order valence-corrected chi connectivity index (χ3v) is 4.96. The molecule has 3 heterocycles. The van der Waals surface area contributed by atoms with Gasteiger partial charge in [-0.25, -0.2) is 14.8 Å². The summed E-state index contributed by atoms with van der Waals surface area (Å²) in [5.41, 5.74) is 0. The van der Waals surface area contributed by atoms with E-state index in [0.29, 0.717) is 26.2 Å². The van der Waals surface area contributed by atoms with Crippen molar-refractivity contribution in [2.45, 2.75) is 25.8 Å². The minimum Gasteiger partial charge on any atom is -0.450 e. The summed E-state index contributed by atoms with van der Waals surface area (Å²) in [6.45, 7) is 7.10. The SMILES string of the molecule is CCOC(=O)N1CCC(NC(=O)CN2CCN(c3ncccn3)CC2)CC1. The van der Waals surface area contributed by atoms with Crippen molar-refractivity contribution >= 4 is 17.9 Å². The van der Waals surface area contributed by atoms with Gasteiger partial charge >= 0.3 is 6.09 Å². The number of nitrogens with zero attached hydrogens (tertiary/aromatic N) is 5. The summed E-state index contributed by atoms with van der Waals surface area (Å²) in [6.07, 6.45) is 4.76. The second-order valence-corrected chi connectivity index (χ2v) is 6.84. The summed E-state index contributed by atoms with van der Waals surface area (Å²) < 4.78 is 5.02. The monoisotopic (exact) mass is 376 g/mol. The number of hydrogen-bond acceptors (Lipinski definition) is 7. The fraction of sp³-hybridized carbons (Fsp3) is 0.667. The number of piperidine rings is 1. The molecule has 9 heteroatoms. The molecule has 0 unspecified atom stereocenters. The van der Waals surface area contributed by atoms with Crippen LogP contribution in [0.4, 0.5) is 10.7 Å². The van der Waals surface area contributed by atoms with Gasteiger partial charge < -0.3 is 19.9 Å². The number of piperazine rings is 1. The maximum Gasteiger partial charge on any atom is 0.409 e. The van der Waals surface area contributed by atoms with Gasteiger partial charge in [-0.05, 0) is 25.8 Å². The van der Waals surface area contributed by atoms with Gasteiger partial charge in [-0.3, -0.25) is 9.69 Å². The molecule has 0 radical (unpaired) electrons. The van der Waals surface area contributed by atoms with Gasteiger partial charge in [0, 0.05) is 57.7 Å². The van der Waals surface area contributed by atoms with Gasteiger partial charge in [-0.15, -0.1) is 0 Å². The first-order valence-electron chi connectivity index (χ1n) is 9.61. The predicted octanol–water partition coefficient (Wildman–Crippen LogP) is 0.336. The molecule has 2 saturated heterocycles. The Morgan fingerprint density at radius 2 is 1.78 bits per heavy atom. The van der Waals surface area contributed by atoms with E-state index in [1.54, 1.807) is 30.3 Å². The minimum absolute atomic E-state index is 0.0500. The lowest BCUT2D eigenvalue weighted by molar-refractivity contribution is -0.123. The lowest BCUT2D eigenvalue weighted by Gasteiger charge is -2.35. The number of rotatable bonds is 5. The number of anilines is 1. The van der Waals surface area contributed by atoms with Crippen LogP contribution in [0.15, 0.2) is 18.5 Å². The van der Waals surface area contributed by atoms with Crippen molar-refractivity contribution in [1.29, 1.82) is 0 Å². The van der Waals surface area contributed by atoms with E-state index in [9.17, 15) is 9.59 Å². The van der Waals surface area contributed by atoms with Gasteiger partial charge in [0.1, 0.15) is 0 Å². The Bertz CT molecular complexity index is 613. The van der Waals surface area contributed by atoms with Gasteiger partial charge in [0.25, 0.3) is 0 Å². The van der Waals surface area contributed by atoms with Gasteiger partial charge in [0.15, 0.2) is 0 Å². The molecule has 2 fully saturated rings. The van der Waals surface area contributed by atoms with Crippen LogP contribution in [-0.2, 0) is 9.53 Å². The Labute approximate surface area is 159 Å². The number of carbonyl (C=O) groups is 2. The molecule has 1 aromatic heterocycles. The van der Waals surface area contributed by atoms with Crippen molar-refractivity contribution in [3.63, 3.8) is 0 Å². The number of likely N-dealkylation sites (tertiary alicyclic amines) is 1. The Kier molecular flexibility index (Phi) is 6.80. The quantitative estimate of drug-likeness (QED) is 0.792. The van der Waals surface area contributed by atoms with Gasteiger partial charge in [-0.1, -0.05) is 0 Å². The first kappa shape index (κ1) is 19.3. The van der Waals surface area contributed by atoms with Crippen LogP contribution in [0.25, 0.3) is 0 Å². The van der Waals surface area contributed by atoms with E-state index in [1.165, 1.54) is 0 Å². The van der Waals surface area contributed by atoms with Crippen molar-refractivity contribution in [3.8, 4) is 0 Å². The standard InChI is InChI=1S/C18H28N6O3/c1-2-27-18(26)24-8-4-15(5-9-24)21-16(25)14-22-10-12-23(13-11-22)17-19-6-3-7-20-17/h3,6-7,15H,2,4-5,8-14H2,1H3,(H,21,25). The van der Waals surface area contributed by atoms with Crippen molar-refractivity contribution in [1.82, 2.24) is 25.1 Å². The normalized spacial score (nSPS) is 19.0. The Morgan fingerprint density at radius 3 is 2.41 bits per heavy atom. The van der Waals surface area contributed by atoms with E-state index in [4.69, 9.17) is 4.74 Å². The molecule has 0 spiro atoms. The summed E-state index contributed by atoms with van der Waals surface area (Å²) in [4.78, 5) is 38.6. The molecule has 148 valence electrons. The van der Waals surface area contributed by atoms with Gasteiger partial charge in [-0.2, -0.15) is 0 Å². The zero-order chi connectivity index (χ0) is 19.1. The summed E-state index contributed by atoms with van der Waals surface area (Å²) in [6, 6.07) is 1.93. The molecule has 2 amide bonds. The average Bonchev–Trinajstić information content (AvgIpc) is 2.70. The predicted molar refractivity (Wildman–Crippen MR) is 100 cm³/mol. The molecule has 2 aliphatic rings. The molecule has 0 aliphatic carbocycles. The smallest absolute Gasteiger partial charge is 0.409 e. The van der Waals surface area contributed by atoms with Crippen LogP contribution in [-0.4, -0.2) is 90.2 Å². The Morgan fingerprint density at radius 1 is 1.11 bits per heavy atom. The first-order valence-corrected chi connectivity index (χ1v) is 9.61. The second-order valence-electron chi connectivity index (χ2n) is 6.84. The summed E-state index contributed by atoms with van der Waals surface area (Å²) in [5, 5.41) is 3.10. The molecule has 0 bridgehead atoms. The van der Waals surface area contributed by atoms with Crippen molar-refractivity contribution in [2.24, 2.45) is 0 Å². The molecule has 1 N–H and O–H groups in total. The lowest BCUT2D eigenvalue weighted by atomic mass is 10.1. The van der Waals surface area contributed by atoms with Crippen LogP contribution in [0.1, 0.15) is 19.8 Å². The number of nitrogens with one attached hydrogen (secondary N) is 1. The Balaban J connectivity index is 1.35. The summed E-state index contributed by atoms with van der Waals surface area (Å²) in [5.74, 6) is 0.795. The molecule has 0 atom stereocenters. The van der Waals surface area contributed by atoms with Crippen molar-refractivity contribution in [3.05, 3.63) is 18.5 Å². The van der Waals surface area contributed by atoms with E-state index >= 15 is 0 Å². The van der Waals surface area contributed by atoms with E-state index in [-0.39, 0.29) is 18.0 Å². The van der Waals surface area contributed by atoms with Gasteiger partial charge in [0.05, 0.1) is 13.2 Å². The van der Waals surface area contributed by atoms with Crippen LogP contribution in [0.3, 0.4) is 0 Å². The van der Waals surface area contributed by atoms with Crippen molar-refractivity contribution < 1.29 is 14.3 Å². The highest BCUT2D eigenvalue weighted by Crippen LogP contribution is 2.12. The summed E-state index contributed by atoms with van der Waals surface area (Å²) in [7, 11) is 0.